The van der Waals surface area contributed by atoms with E-state index in [9.17, 15) is 8.42 Å². The van der Waals surface area contributed by atoms with Crippen molar-refractivity contribution in [3.63, 3.8) is 0 Å². The van der Waals surface area contributed by atoms with Crippen LogP contribution in [0.25, 0.3) is 0 Å². The Labute approximate surface area is 119 Å². The van der Waals surface area contributed by atoms with E-state index in [1.807, 2.05) is 31.2 Å². The van der Waals surface area contributed by atoms with Crippen molar-refractivity contribution in [1.82, 2.24) is 0 Å². The predicted octanol–water partition coefficient (Wildman–Crippen LogP) is 2.96. The molecule has 1 heterocycles. The molecular weight excluding hydrogens is 276 g/mol. The first-order valence-corrected chi connectivity index (χ1v) is 8.03. The Kier molecular flexibility index (Phi) is 4.34. The molecule has 0 amide bonds. The average molecular weight is 294 g/mol. The molecule has 0 aliphatic heterocycles. The summed E-state index contributed by atoms with van der Waals surface area (Å²) in [4.78, 5) is 0. The lowest BCUT2D eigenvalue weighted by atomic mass is 10.3. The highest BCUT2D eigenvalue weighted by atomic mass is 32.2. The summed E-state index contributed by atoms with van der Waals surface area (Å²) < 4.78 is 30.8. The normalized spacial score (nSPS) is 11.3. The van der Waals surface area contributed by atoms with Gasteiger partial charge in [-0.05, 0) is 50.2 Å². The minimum atomic E-state index is -3.22. The first-order chi connectivity index (χ1) is 9.48. The van der Waals surface area contributed by atoms with E-state index < -0.39 is 10.0 Å². The maximum absolute atomic E-state index is 11.4. The molecule has 108 valence electrons. The molecule has 0 atom stereocenters. The second kappa shape index (κ2) is 6.00. The third-order valence-electron chi connectivity index (χ3n) is 2.80. The minimum Gasteiger partial charge on any atom is -0.465 e. The van der Waals surface area contributed by atoms with Gasteiger partial charge in [0.15, 0.2) is 0 Å². The summed E-state index contributed by atoms with van der Waals surface area (Å²) in [6.45, 7) is 4.09. The standard InChI is InChI=1S/C14H18N2O3S/c1-3-20(17,18)16-13-7-5-12(6-8-13)15-10-14-9-4-11(2)19-14/h4-9,15-16H,3,10H2,1-2H3. The van der Waals surface area contributed by atoms with E-state index in [0.29, 0.717) is 12.2 Å². The van der Waals surface area contributed by atoms with E-state index in [0.717, 1.165) is 17.2 Å². The summed E-state index contributed by atoms with van der Waals surface area (Å²) in [6, 6.07) is 10.9. The molecule has 0 bridgehead atoms. The summed E-state index contributed by atoms with van der Waals surface area (Å²) >= 11 is 0. The zero-order valence-corrected chi connectivity index (χ0v) is 12.3. The Morgan fingerprint density at radius 2 is 1.70 bits per heavy atom. The Bertz CT molecular complexity index is 660. The van der Waals surface area contributed by atoms with Gasteiger partial charge in [0.05, 0.1) is 12.3 Å². The van der Waals surface area contributed by atoms with Gasteiger partial charge < -0.3 is 9.73 Å². The topological polar surface area (TPSA) is 71.3 Å². The molecule has 5 nitrogen and oxygen atoms in total. The van der Waals surface area contributed by atoms with Crippen LogP contribution in [0.3, 0.4) is 0 Å². The van der Waals surface area contributed by atoms with Crippen molar-refractivity contribution in [2.45, 2.75) is 20.4 Å². The van der Waals surface area contributed by atoms with Crippen LogP contribution < -0.4 is 10.0 Å². The van der Waals surface area contributed by atoms with Crippen LogP contribution in [0, 0.1) is 6.92 Å². The maximum Gasteiger partial charge on any atom is 0.232 e. The van der Waals surface area contributed by atoms with Crippen LogP contribution in [0.15, 0.2) is 40.8 Å². The van der Waals surface area contributed by atoms with Gasteiger partial charge in [0.1, 0.15) is 11.5 Å². The molecule has 2 N–H and O–H groups in total. The van der Waals surface area contributed by atoms with E-state index in [1.165, 1.54) is 0 Å². The molecule has 0 radical (unpaired) electrons. The average Bonchev–Trinajstić information content (AvgIpc) is 2.83. The van der Waals surface area contributed by atoms with Crippen molar-refractivity contribution in [3.8, 4) is 0 Å². The Morgan fingerprint density at radius 1 is 1.05 bits per heavy atom. The second-order valence-corrected chi connectivity index (χ2v) is 6.46. The van der Waals surface area contributed by atoms with Crippen LogP contribution >= 0.6 is 0 Å². The highest BCUT2D eigenvalue weighted by molar-refractivity contribution is 7.92. The van der Waals surface area contributed by atoms with Crippen LogP contribution in [0.1, 0.15) is 18.4 Å². The lowest BCUT2D eigenvalue weighted by molar-refractivity contribution is 0.490. The molecule has 1 aromatic carbocycles. The van der Waals surface area contributed by atoms with E-state index >= 15 is 0 Å². The summed E-state index contributed by atoms with van der Waals surface area (Å²) in [5.74, 6) is 1.80. The molecule has 1 aromatic heterocycles. The molecule has 0 saturated heterocycles. The summed E-state index contributed by atoms with van der Waals surface area (Å²) in [5, 5.41) is 3.21. The van der Waals surface area contributed by atoms with Crippen molar-refractivity contribution < 1.29 is 12.8 Å². The number of aryl methyl sites for hydroxylation is 1. The van der Waals surface area contributed by atoms with Gasteiger partial charge in [-0.1, -0.05) is 0 Å². The van der Waals surface area contributed by atoms with Gasteiger partial charge in [-0.15, -0.1) is 0 Å². The molecule has 0 fully saturated rings. The van der Waals surface area contributed by atoms with E-state index in [1.54, 1.807) is 19.1 Å². The molecular formula is C14H18N2O3S. The predicted molar refractivity (Wildman–Crippen MR) is 80.3 cm³/mol. The number of hydrogen-bond acceptors (Lipinski definition) is 4. The minimum absolute atomic E-state index is 0.0604. The second-order valence-electron chi connectivity index (χ2n) is 4.45. The molecule has 2 rings (SSSR count). The van der Waals surface area contributed by atoms with E-state index in [2.05, 4.69) is 10.0 Å². The van der Waals surface area contributed by atoms with Gasteiger partial charge in [0.25, 0.3) is 0 Å². The highest BCUT2D eigenvalue weighted by Gasteiger charge is 2.06. The van der Waals surface area contributed by atoms with Crippen molar-refractivity contribution in [2.24, 2.45) is 0 Å². The molecule has 2 aromatic rings. The molecule has 0 unspecified atom stereocenters. The first-order valence-electron chi connectivity index (χ1n) is 6.38. The quantitative estimate of drug-likeness (QED) is 0.859. The number of hydrogen-bond donors (Lipinski definition) is 2. The first kappa shape index (κ1) is 14.5. The molecule has 20 heavy (non-hydrogen) atoms. The number of benzene rings is 1. The lowest BCUT2D eigenvalue weighted by Crippen LogP contribution is -2.14. The number of furan rings is 1. The van der Waals surface area contributed by atoms with Crippen molar-refractivity contribution >= 4 is 21.4 Å². The number of rotatable bonds is 6. The smallest absolute Gasteiger partial charge is 0.232 e. The molecule has 0 spiro atoms. The van der Waals surface area contributed by atoms with Gasteiger partial charge in [-0.3, -0.25) is 4.72 Å². The molecule has 0 aliphatic carbocycles. The molecule has 0 aliphatic rings. The number of sulfonamides is 1. The zero-order valence-electron chi connectivity index (χ0n) is 11.5. The van der Waals surface area contributed by atoms with Crippen LogP contribution in [0.2, 0.25) is 0 Å². The third-order valence-corrected chi connectivity index (χ3v) is 4.11. The van der Waals surface area contributed by atoms with Crippen LogP contribution in [-0.2, 0) is 16.6 Å². The van der Waals surface area contributed by atoms with Crippen LogP contribution in [0.4, 0.5) is 11.4 Å². The van der Waals surface area contributed by atoms with Gasteiger partial charge in [-0.25, -0.2) is 8.42 Å². The fourth-order valence-electron chi connectivity index (χ4n) is 1.68. The van der Waals surface area contributed by atoms with Gasteiger partial charge in [0, 0.05) is 11.4 Å². The largest absolute Gasteiger partial charge is 0.465 e. The Hall–Kier alpha value is -1.95. The zero-order chi connectivity index (χ0) is 14.6. The summed E-state index contributed by atoms with van der Waals surface area (Å²) in [6.07, 6.45) is 0. The van der Waals surface area contributed by atoms with Crippen LogP contribution in [-0.4, -0.2) is 14.2 Å². The van der Waals surface area contributed by atoms with E-state index in [4.69, 9.17) is 4.42 Å². The molecule has 6 heteroatoms. The summed E-state index contributed by atoms with van der Waals surface area (Å²) in [5.41, 5.74) is 1.46. The van der Waals surface area contributed by atoms with Crippen molar-refractivity contribution in [2.75, 3.05) is 15.8 Å². The van der Waals surface area contributed by atoms with Crippen molar-refractivity contribution in [3.05, 3.63) is 47.9 Å². The SMILES string of the molecule is CCS(=O)(=O)Nc1ccc(NCc2ccc(C)o2)cc1. The van der Waals surface area contributed by atoms with Gasteiger partial charge >= 0.3 is 0 Å². The Morgan fingerprint density at radius 3 is 2.25 bits per heavy atom. The maximum atomic E-state index is 11.4. The van der Waals surface area contributed by atoms with Crippen molar-refractivity contribution in [1.29, 1.82) is 0 Å². The number of anilines is 2. The van der Waals surface area contributed by atoms with Gasteiger partial charge in [-0.2, -0.15) is 0 Å². The monoisotopic (exact) mass is 294 g/mol. The Balaban J connectivity index is 1.94. The fraction of sp³-hybridized carbons (Fsp3) is 0.286. The fourth-order valence-corrected chi connectivity index (χ4v) is 2.32. The highest BCUT2D eigenvalue weighted by Crippen LogP contribution is 2.16. The molecule has 0 saturated carbocycles. The summed E-state index contributed by atoms with van der Waals surface area (Å²) in [7, 11) is -3.22. The van der Waals surface area contributed by atoms with Gasteiger partial charge in [0.2, 0.25) is 10.0 Å². The van der Waals surface area contributed by atoms with Crippen LogP contribution in [0.5, 0.6) is 0 Å². The van der Waals surface area contributed by atoms with E-state index in [-0.39, 0.29) is 5.75 Å². The lowest BCUT2D eigenvalue weighted by Gasteiger charge is -2.08. The number of nitrogens with one attached hydrogen (secondary N) is 2. The third kappa shape index (κ3) is 4.03.